The van der Waals surface area contributed by atoms with E-state index in [-0.39, 0.29) is 17.9 Å². The molecule has 5 nitrogen and oxygen atoms in total. The summed E-state index contributed by atoms with van der Waals surface area (Å²) in [6, 6.07) is 1.84. The van der Waals surface area contributed by atoms with Gasteiger partial charge in [0.1, 0.15) is 0 Å². The first-order valence-electron chi connectivity index (χ1n) is 5.06. The number of ketones is 1. The Morgan fingerprint density at radius 2 is 2.22 bits per heavy atom. The van der Waals surface area contributed by atoms with Crippen molar-refractivity contribution in [2.24, 2.45) is 0 Å². The number of aromatic nitrogens is 2. The topological polar surface area (TPSA) is 71.9 Å². The average molecular weight is 329 g/mol. The Morgan fingerprint density at radius 1 is 1.50 bits per heavy atom. The molecule has 94 valence electrons. The van der Waals surface area contributed by atoms with Gasteiger partial charge in [0.25, 0.3) is 5.56 Å². The second-order valence-corrected chi connectivity index (χ2v) is 5.50. The van der Waals surface area contributed by atoms with Gasteiger partial charge in [-0.3, -0.25) is 14.2 Å². The number of carbonyl (C=O) groups excluding carboxylic acids is 1. The van der Waals surface area contributed by atoms with Gasteiger partial charge in [-0.05, 0) is 34.3 Å². The molecular formula is C11H9BrN2O3S. The first-order chi connectivity index (χ1) is 8.50. The molecule has 0 radical (unpaired) electrons. The van der Waals surface area contributed by atoms with Gasteiger partial charge in [-0.25, -0.2) is 4.79 Å². The Kier molecular flexibility index (Phi) is 3.63. The highest BCUT2D eigenvalue weighted by Gasteiger charge is 2.12. The molecule has 0 saturated heterocycles. The fraction of sp³-hybridized carbons (Fsp3) is 0.182. The molecule has 2 aromatic rings. The predicted octanol–water partition coefficient (Wildman–Crippen LogP) is 1.61. The highest BCUT2D eigenvalue weighted by Crippen LogP contribution is 2.22. The molecule has 2 rings (SSSR count). The van der Waals surface area contributed by atoms with Gasteiger partial charge in [-0.1, -0.05) is 0 Å². The summed E-state index contributed by atoms with van der Waals surface area (Å²) in [5, 5.41) is 1.85. The van der Waals surface area contributed by atoms with Gasteiger partial charge in [0, 0.05) is 15.5 Å². The number of halogens is 1. The van der Waals surface area contributed by atoms with Crippen molar-refractivity contribution in [1.29, 1.82) is 0 Å². The lowest BCUT2D eigenvalue weighted by atomic mass is 10.2. The molecule has 0 aromatic carbocycles. The molecule has 18 heavy (non-hydrogen) atoms. The molecule has 0 spiro atoms. The van der Waals surface area contributed by atoms with E-state index in [1.165, 1.54) is 18.3 Å². The quantitative estimate of drug-likeness (QED) is 0.870. The van der Waals surface area contributed by atoms with Crippen LogP contribution in [0.1, 0.15) is 22.2 Å². The minimum absolute atomic E-state index is 0.0118. The van der Waals surface area contributed by atoms with Crippen molar-refractivity contribution < 1.29 is 4.79 Å². The summed E-state index contributed by atoms with van der Waals surface area (Å²) in [7, 11) is 0. The zero-order chi connectivity index (χ0) is 13.3. The number of carbonyl (C=O) groups is 1. The number of hydrogen-bond donors (Lipinski definition) is 1. The number of rotatable bonds is 3. The Balaban J connectivity index is 2.55. The van der Waals surface area contributed by atoms with E-state index < -0.39 is 11.2 Å². The highest BCUT2D eigenvalue weighted by molar-refractivity contribution is 9.10. The molecular weight excluding hydrogens is 320 g/mol. The van der Waals surface area contributed by atoms with E-state index in [0.29, 0.717) is 0 Å². The van der Waals surface area contributed by atoms with Crippen molar-refractivity contribution in [1.82, 2.24) is 9.55 Å². The van der Waals surface area contributed by atoms with Crippen LogP contribution >= 0.6 is 27.3 Å². The van der Waals surface area contributed by atoms with Crippen LogP contribution in [0.25, 0.3) is 0 Å². The first kappa shape index (κ1) is 13.0. The molecule has 0 saturated carbocycles. The summed E-state index contributed by atoms with van der Waals surface area (Å²) in [6.45, 7) is 1.44. The zero-order valence-corrected chi connectivity index (χ0v) is 11.8. The van der Waals surface area contributed by atoms with E-state index in [1.807, 2.05) is 11.4 Å². The van der Waals surface area contributed by atoms with Gasteiger partial charge < -0.3 is 4.98 Å². The van der Waals surface area contributed by atoms with Crippen LogP contribution in [0.4, 0.5) is 0 Å². The van der Waals surface area contributed by atoms with Crippen molar-refractivity contribution in [2.75, 3.05) is 0 Å². The minimum atomic E-state index is -0.563. The third kappa shape index (κ3) is 2.37. The third-order valence-electron chi connectivity index (χ3n) is 2.43. The molecule has 0 atom stereocenters. The molecule has 2 heterocycles. The van der Waals surface area contributed by atoms with Crippen LogP contribution in [-0.4, -0.2) is 15.3 Å². The number of H-pyrrole nitrogens is 1. The van der Waals surface area contributed by atoms with Gasteiger partial charge in [-0.15, -0.1) is 11.3 Å². The van der Waals surface area contributed by atoms with Crippen molar-refractivity contribution in [3.05, 3.63) is 53.4 Å². The van der Waals surface area contributed by atoms with E-state index >= 15 is 0 Å². The van der Waals surface area contributed by atoms with Crippen LogP contribution < -0.4 is 11.2 Å². The smallest absolute Gasteiger partial charge is 0.313 e. The molecule has 0 aliphatic rings. The summed E-state index contributed by atoms with van der Waals surface area (Å²) in [5.41, 5.74) is -1.10. The molecule has 0 fully saturated rings. The number of aromatic amines is 1. The lowest BCUT2D eigenvalue weighted by Crippen LogP contribution is -2.37. The number of nitrogens with one attached hydrogen (secondary N) is 1. The molecule has 0 aliphatic carbocycles. The van der Waals surface area contributed by atoms with Crippen LogP contribution in [0.5, 0.6) is 0 Å². The maximum absolute atomic E-state index is 12.0. The van der Waals surface area contributed by atoms with E-state index in [9.17, 15) is 14.4 Å². The van der Waals surface area contributed by atoms with Crippen LogP contribution in [-0.2, 0) is 6.54 Å². The first-order valence-corrected chi connectivity index (χ1v) is 6.73. The van der Waals surface area contributed by atoms with E-state index in [0.717, 1.165) is 20.1 Å². The molecule has 0 amide bonds. The van der Waals surface area contributed by atoms with E-state index in [4.69, 9.17) is 0 Å². The normalized spacial score (nSPS) is 10.6. The van der Waals surface area contributed by atoms with Crippen molar-refractivity contribution in [3.63, 3.8) is 0 Å². The number of thiophene rings is 1. The minimum Gasteiger partial charge on any atom is -0.313 e. The van der Waals surface area contributed by atoms with Gasteiger partial charge in [0.2, 0.25) is 0 Å². The monoisotopic (exact) mass is 328 g/mol. The van der Waals surface area contributed by atoms with Gasteiger partial charge in [0.15, 0.2) is 5.78 Å². The third-order valence-corrected chi connectivity index (χ3v) is 4.34. The van der Waals surface area contributed by atoms with E-state index in [2.05, 4.69) is 20.9 Å². The number of nitrogens with zero attached hydrogens (tertiary/aromatic N) is 1. The summed E-state index contributed by atoms with van der Waals surface area (Å²) >= 11 is 4.77. The lowest BCUT2D eigenvalue weighted by Gasteiger charge is -2.04. The standard InChI is InChI=1S/C11H9BrN2O3S/c1-6(15)7-4-13-11(17)14(10(7)16)5-9-8(12)2-3-18-9/h2-4H,5H2,1H3,(H,13,17). The van der Waals surface area contributed by atoms with Crippen LogP contribution in [0, 0.1) is 0 Å². The van der Waals surface area contributed by atoms with Crippen molar-refractivity contribution >= 4 is 33.0 Å². The van der Waals surface area contributed by atoms with Crippen LogP contribution in [0.3, 0.4) is 0 Å². The number of Topliss-reactive ketones (excluding diaryl/α,β-unsaturated/α-hetero) is 1. The molecule has 0 aliphatic heterocycles. The number of hydrogen-bond acceptors (Lipinski definition) is 4. The average Bonchev–Trinajstić information content (AvgIpc) is 2.69. The second-order valence-electron chi connectivity index (χ2n) is 3.65. The highest BCUT2D eigenvalue weighted by atomic mass is 79.9. The van der Waals surface area contributed by atoms with Gasteiger partial charge in [-0.2, -0.15) is 0 Å². The maximum Gasteiger partial charge on any atom is 0.328 e. The summed E-state index contributed by atoms with van der Waals surface area (Å²) in [5.74, 6) is -0.366. The molecule has 1 N–H and O–H groups in total. The fourth-order valence-electron chi connectivity index (χ4n) is 1.49. The lowest BCUT2D eigenvalue weighted by molar-refractivity contribution is 0.101. The van der Waals surface area contributed by atoms with Crippen molar-refractivity contribution in [2.45, 2.75) is 13.5 Å². The van der Waals surface area contributed by atoms with Crippen molar-refractivity contribution in [3.8, 4) is 0 Å². The second kappa shape index (κ2) is 5.03. The summed E-state index contributed by atoms with van der Waals surface area (Å²) in [4.78, 5) is 38.1. The van der Waals surface area contributed by atoms with Crippen LogP contribution in [0.2, 0.25) is 0 Å². The van der Waals surface area contributed by atoms with Crippen LogP contribution in [0.15, 0.2) is 31.7 Å². The predicted molar refractivity (Wildman–Crippen MR) is 72.4 cm³/mol. The molecule has 7 heteroatoms. The van der Waals surface area contributed by atoms with E-state index in [1.54, 1.807) is 0 Å². The Bertz CT molecular complexity index is 714. The van der Waals surface area contributed by atoms with Gasteiger partial charge in [0.05, 0.1) is 12.1 Å². The SMILES string of the molecule is CC(=O)c1c[nH]c(=O)n(Cc2sccc2Br)c1=O. The Morgan fingerprint density at radius 3 is 2.78 bits per heavy atom. The fourth-order valence-corrected chi connectivity index (χ4v) is 2.95. The maximum atomic E-state index is 12.0. The summed E-state index contributed by atoms with van der Waals surface area (Å²) < 4.78 is 1.86. The molecule has 0 bridgehead atoms. The zero-order valence-electron chi connectivity index (χ0n) is 9.40. The Labute approximate surface area is 114 Å². The largest absolute Gasteiger partial charge is 0.328 e. The molecule has 2 aromatic heterocycles. The molecule has 0 unspecified atom stereocenters. The summed E-state index contributed by atoms with van der Waals surface area (Å²) in [6.07, 6.45) is 1.16. The van der Waals surface area contributed by atoms with Gasteiger partial charge >= 0.3 is 5.69 Å². The Hall–Kier alpha value is -1.47.